The summed E-state index contributed by atoms with van der Waals surface area (Å²) >= 11 is 0. The lowest BCUT2D eigenvalue weighted by Gasteiger charge is -2.21. The first-order valence-electron chi connectivity index (χ1n) is 42.3. The number of carbonyl (C=O) groups is 4. The van der Waals surface area contributed by atoms with Crippen molar-refractivity contribution in [3.63, 3.8) is 0 Å². The SMILES string of the molecule is CCC(C)CCCCCCCCCCC(=O)O[C@H](COC(=O)CCCCCCCCCCCCCCCCCCCCC(C)C)COP(=O)(O)OC[C@@H](O)COP(=O)(O)OC[C@@H](COC(=O)CCCCCCCCC(C)CC)OC(=O)CCCCCCCCCCCCCCCCCC(C)C. The highest BCUT2D eigenvalue weighted by Gasteiger charge is 2.30. The fourth-order valence-electron chi connectivity index (χ4n) is 12.5. The molecule has 0 amide bonds. The summed E-state index contributed by atoms with van der Waals surface area (Å²) in [5.41, 5.74) is 0. The maximum atomic E-state index is 13.1. The van der Waals surface area contributed by atoms with Gasteiger partial charge in [-0.3, -0.25) is 37.3 Å². The van der Waals surface area contributed by atoms with E-state index in [-0.39, 0.29) is 25.7 Å². The van der Waals surface area contributed by atoms with E-state index in [4.69, 9.17) is 37.0 Å². The maximum Gasteiger partial charge on any atom is 0.472 e. The van der Waals surface area contributed by atoms with Gasteiger partial charge in [-0.05, 0) is 49.4 Å². The van der Waals surface area contributed by atoms with Crippen molar-refractivity contribution in [1.82, 2.24) is 0 Å². The second-order valence-electron chi connectivity index (χ2n) is 31.0. The van der Waals surface area contributed by atoms with Gasteiger partial charge in [0.25, 0.3) is 0 Å². The topological polar surface area (TPSA) is 237 Å². The molecule has 0 heterocycles. The molecule has 0 saturated heterocycles. The first-order valence-corrected chi connectivity index (χ1v) is 45.3. The number of carbonyl (C=O) groups excluding carboxylic acids is 4. The average molecular weight is 1480 g/mol. The molecule has 0 spiro atoms. The van der Waals surface area contributed by atoms with E-state index in [0.29, 0.717) is 25.7 Å². The zero-order chi connectivity index (χ0) is 74.6. The summed E-state index contributed by atoms with van der Waals surface area (Å²) in [7, 11) is -9.92. The minimum absolute atomic E-state index is 0.105. The first kappa shape index (κ1) is 99.1. The van der Waals surface area contributed by atoms with Crippen LogP contribution in [0.25, 0.3) is 0 Å². The monoisotopic (exact) mass is 1480 g/mol. The van der Waals surface area contributed by atoms with Gasteiger partial charge in [0.05, 0.1) is 26.4 Å². The Kier molecular flexibility index (Phi) is 69.6. The first-order chi connectivity index (χ1) is 48.7. The molecule has 0 aromatic heterocycles. The Morgan fingerprint density at radius 2 is 0.475 bits per heavy atom. The third-order valence-corrected chi connectivity index (χ3v) is 21.7. The highest BCUT2D eigenvalue weighted by Crippen LogP contribution is 2.45. The standard InChI is InChI=1S/C82H160O17P2/c1-9-74(7)60-52-44-36-32-33-39-49-57-65-82(87)99-77(68-92-79(84)62-54-46-37-30-26-22-18-14-12-11-13-16-20-24-28-34-42-50-58-72(3)4)70-96-100(88,89)94-66-76(83)67-95-101(90,91)97-71-78(69-93-80(85)63-55-47-41-40-45-53-61-75(8)10-2)98-81(86)64-56-48-38-31-27-23-19-15-17-21-25-29-35-43-51-59-73(5)6/h72-78,83H,9-71H2,1-8H3,(H,88,89)(H,90,91)/t74?,75?,76-,77-,78-/m1/s1. The molecule has 600 valence electrons. The van der Waals surface area contributed by atoms with Crippen LogP contribution in [0.2, 0.25) is 0 Å². The van der Waals surface area contributed by atoms with E-state index in [1.54, 1.807) is 0 Å². The van der Waals surface area contributed by atoms with Gasteiger partial charge in [-0.2, -0.15) is 0 Å². The molecule has 0 radical (unpaired) electrons. The number of aliphatic hydroxyl groups excluding tert-OH is 1. The molecule has 19 heteroatoms. The molecule has 0 aromatic carbocycles. The molecule has 4 unspecified atom stereocenters. The van der Waals surface area contributed by atoms with Crippen molar-refractivity contribution in [3.8, 4) is 0 Å². The molecule has 0 aliphatic carbocycles. The Balaban J connectivity index is 5.18. The summed E-state index contributed by atoms with van der Waals surface area (Å²) in [4.78, 5) is 73.0. The molecule has 0 aromatic rings. The van der Waals surface area contributed by atoms with E-state index < -0.39 is 97.5 Å². The second-order valence-corrected chi connectivity index (χ2v) is 33.9. The molecular formula is C82H160O17P2. The minimum Gasteiger partial charge on any atom is -0.462 e. The van der Waals surface area contributed by atoms with Crippen LogP contribution in [-0.2, 0) is 65.4 Å². The smallest absolute Gasteiger partial charge is 0.462 e. The fourth-order valence-corrected chi connectivity index (χ4v) is 14.1. The lowest BCUT2D eigenvalue weighted by atomic mass is 9.99. The Morgan fingerprint density at radius 1 is 0.277 bits per heavy atom. The van der Waals surface area contributed by atoms with Crippen LogP contribution in [0, 0.1) is 23.7 Å². The van der Waals surface area contributed by atoms with Crippen LogP contribution in [0.5, 0.6) is 0 Å². The molecule has 3 N–H and O–H groups in total. The van der Waals surface area contributed by atoms with Crippen LogP contribution in [0.3, 0.4) is 0 Å². The van der Waals surface area contributed by atoms with Crippen LogP contribution >= 0.6 is 15.6 Å². The van der Waals surface area contributed by atoms with E-state index in [2.05, 4.69) is 55.4 Å². The largest absolute Gasteiger partial charge is 0.472 e. The molecule has 17 nitrogen and oxygen atoms in total. The van der Waals surface area contributed by atoms with Crippen molar-refractivity contribution in [2.75, 3.05) is 39.6 Å². The molecule has 0 aliphatic heterocycles. The van der Waals surface area contributed by atoms with Crippen LogP contribution in [0.4, 0.5) is 0 Å². The zero-order valence-corrected chi connectivity index (χ0v) is 68.3. The van der Waals surface area contributed by atoms with Gasteiger partial charge in [0.15, 0.2) is 12.2 Å². The highest BCUT2D eigenvalue weighted by molar-refractivity contribution is 7.47. The summed E-state index contributed by atoms with van der Waals surface area (Å²) in [6.07, 6.45) is 58.4. The highest BCUT2D eigenvalue weighted by atomic mass is 31.2. The third kappa shape index (κ3) is 73.4. The Bertz CT molecular complexity index is 1980. The summed E-state index contributed by atoms with van der Waals surface area (Å²) in [5, 5.41) is 10.6. The lowest BCUT2D eigenvalue weighted by Crippen LogP contribution is -2.30. The van der Waals surface area contributed by atoms with E-state index in [1.807, 2.05) is 0 Å². The number of phosphoric acid groups is 2. The summed E-state index contributed by atoms with van der Waals surface area (Å²) in [6, 6.07) is 0. The summed E-state index contributed by atoms with van der Waals surface area (Å²) < 4.78 is 68.7. The second kappa shape index (κ2) is 71.0. The number of hydrogen-bond donors (Lipinski definition) is 3. The van der Waals surface area contributed by atoms with Gasteiger partial charge in [0, 0.05) is 25.7 Å². The van der Waals surface area contributed by atoms with E-state index in [0.717, 1.165) is 120 Å². The van der Waals surface area contributed by atoms with Crippen molar-refractivity contribution in [1.29, 1.82) is 0 Å². The number of rotatable bonds is 79. The maximum absolute atomic E-state index is 13.1. The van der Waals surface area contributed by atoms with Gasteiger partial charge >= 0.3 is 39.5 Å². The third-order valence-electron chi connectivity index (χ3n) is 19.8. The summed E-state index contributed by atoms with van der Waals surface area (Å²) in [5.74, 6) is 1.01. The minimum atomic E-state index is -4.96. The molecule has 0 rings (SSSR count). The van der Waals surface area contributed by atoms with Crippen molar-refractivity contribution < 1.29 is 80.2 Å². The van der Waals surface area contributed by atoms with Gasteiger partial charge < -0.3 is 33.8 Å². The van der Waals surface area contributed by atoms with Crippen LogP contribution < -0.4 is 0 Å². The number of ether oxygens (including phenoxy) is 4. The van der Waals surface area contributed by atoms with Crippen molar-refractivity contribution in [3.05, 3.63) is 0 Å². The molecule has 0 fully saturated rings. The molecule has 0 bridgehead atoms. The zero-order valence-electron chi connectivity index (χ0n) is 66.5. The summed E-state index contributed by atoms with van der Waals surface area (Å²) in [6.45, 7) is 14.3. The van der Waals surface area contributed by atoms with Crippen LogP contribution in [-0.4, -0.2) is 96.7 Å². The Hall–Kier alpha value is -1.94. The quantitative estimate of drug-likeness (QED) is 0.0222. The molecule has 7 atom stereocenters. The predicted octanol–water partition coefficient (Wildman–Crippen LogP) is 24.4. The van der Waals surface area contributed by atoms with Crippen LogP contribution in [0.15, 0.2) is 0 Å². The Morgan fingerprint density at radius 3 is 0.703 bits per heavy atom. The van der Waals surface area contributed by atoms with Gasteiger partial charge in [-0.1, -0.05) is 370 Å². The lowest BCUT2D eigenvalue weighted by molar-refractivity contribution is -0.161. The predicted molar refractivity (Wildman–Crippen MR) is 414 cm³/mol. The molecular weight excluding hydrogens is 1320 g/mol. The average Bonchev–Trinajstić information content (AvgIpc) is 1.02. The normalized spacial score (nSPS) is 14.5. The number of esters is 4. The molecule has 0 saturated carbocycles. The number of phosphoric ester groups is 2. The fraction of sp³-hybridized carbons (Fsp3) is 0.951. The van der Waals surface area contributed by atoms with Gasteiger partial charge in [0.1, 0.15) is 19.3 Å². The molecule has 101 heavy (non-hydrogen) atoms. The Labute approximate surface area is 619 Å². The van der Waals surface area contributed by atoms with Gasteiger partial charge in [-0.15, -0.1) is 0 Å². The van der Waals surface area contributed by atoms with Crippen molar-refractivity contribution in [2.24, 2.45) is 23.7 Å². The number of unbranched alkanes of at least 4 members (excludes halogenated alkanes) is 43. The van der Waals surface area contributed by atoms with Crippen LogP contribution in [0.1, 0.15) is 421 Å². The van der Waals surface area contributed by atoms with Crippen molar-refractivity contribution in [2.45, 2.75) is 440 Å². The van der Waals surface area contributed by atoms with Gasteiger partial charge in [-0.25, -0.2) is 9.13 Å². The number of hydrogen-bond acceptors (Lipinski definition) is 15. The van der Waals surface area contributed by atoms with E-state index in [1.165, 1.54) is 218 Å². The van der Waals surface area contributed by atoms with Crippen molar-refractivity contribution >= 4 is 39.5 Å². The number of aliphatic hydroxyl groups is 1. The van der Waals surface area contributed by atoms with E-state index >= 15 is 0 Å². The van der Waals surface area contributed by atoms with Gasteiger partial charge in [0.2, 0.25) is 0 Å². The molecule has 0 aliphatic rings. The van der Waals surface area contributed by atoms with E-state index in [9.17, 15) is 43.2 Å².